The van der Waals surface area contributed by atoms with E-state index in [0.29, 0.717) is 38.8 Å². The molecule has 1 heterocycles. The number of benzene rings is 1. The van der Waals surface area contributed by atoms with E-state index in [1.807, 2.05) is 4.90 Å². The van der Waals surface area contributed by atoms with Gasteiger partial charge in [-0.05, 0) is 5.56 Å². The molecule has 1 aromatic carbocycles. The van der Waals surface area contributed by atoms with E-state index in [1.54, 1.807) is 19.2 Å². The largest absolute Gasteiger partial charge is 0.382 e. The lowest BCUT2D eigenvalue weighted by molar-refractivity contribution is -0.0442. The zero-order valence-electron chi connectivity index (χ0n) is 13.5. The summed E-state index contributed by atoms with van der Waals surface area (Å²) in [5, 5.41) is 0. The maximum Gasteiger partial charge on any atom is 0.270 e. The maximum atomic E-state index is 13.2. The number of rotatable bonds is 5. The van der Waals surface area contributed by atoms with E-state index in [9.17, 15) is 8.78 Å². The maximum absolute atomic E-state index is 13.2. The molecular weight excluding hydrogens is 304 g/mol. The highest BCUT2D eigenvalue weighted by Gasteiger charge is 2.24. The molecule has 1 aliphatic heterocycles. The molecule has 2 rings (SSSR count). The molecule has 2 N–H and O–H groups in total. The van der Waals surface area contributed by atoms with E-state index in [-0.39, 0.29) is 11.7 Å². The first-order valence-corrected chi connectivity index (χ1v) is 7.53. The van der Waals surface area contributed by atoms with Crippen LogP contribution in [0.15, 0.2) is 29.3 Å². The van der Waals surface area contributed by atoms with Crippen molar-refractivity contribution in [3.8, 4) is 0 Å². The molecule has 0 amide bonds. The van der Waals surface area contributed by atoms with Crippen LogP contribution in [0.2, 0.25) is 0 Å². The Kier molecular flexibility index (Phi) is 5.90. The molecule has 1 atom stereocenters. The Labute approximate surface area is 135 Å². The van der Waals surface area contributed by atoms with Gasteiger partial charge in [0.05, 0.1) is 25.9 Å². The van der Waals surface area contributed by atoms with E-state index in [2.05, 4.69) is 4.99 Å². The fraction of sp³-hybridized carbons (Fsp3) is 0.562. The second kappa shape index (κ2) is 7.70. The Morgan fingerprint density at radius 2 is 2.13 bits per heavy atom. The van der Waals surface area contributed by atoms with Crippen molar-refractivity contribution >= 4 is 5.96 Å². The van der Waals surface area contributed by atoms with Gasteiger partial charge in [-0.15, -0.1) is 0 Å². The highest BCUT2D eigenvalue weighted by atomic mass is 19.3. The minimum Gasteiger partial charge on any atom is -0.382 e. The van der Waals surface area contributed by atoms with E-state index in [4.69, 9.17) is 15.2 Å². The molecule has 1 fully saturated rings. The number of nitrogens with two attached hydrogens (primary N) is 1. The average Bonchev–Trinajstić information content (AvgIpc) is 2.53. The van der Waals surface area contributed by atoms with Gasteiger partial charge in [0, 0.05) is 32.7 Å². The number of hydrogen-bond acceptors (Lipinski definition) is 3. The summed E-state index contributed by atoms with van der Waals surface area (Å²) < 4.78 is 37.0. The molecule has 0 aliphatic carbocycles. The summed E-state index contributed by atoms with van der Waals surface area (Å²) in [4.78, 5) is 6.29. The van der Waals surface area contributed by atoms with Gasteiger partial charge < -0.3 is 20.1 Å². The molecule has 0 spiro atoms. The van der Waals surface area contributed by atoms with Crippen LogP contribution in [0.1, 0.15) is 18.1 Å². The third kappa shape index (κ3) is 5.14. The van der Waals surface area contributed by atoms with Crippen molar-refractivity contribution in [2.45, 2.75) is 25.5 Å². The lowest BCUT2D eigenvalue weighted by Gasteiger charge is -2.33. The summed E-state index contributed by atoms with van der Waals surface area (Å²) in [7, 11) is 1.63. The number of aliphatic imine (C=N–C) groups is 1. The molecule has 0 saturated carbocycles. The molecule has 1 aliphatic rings. The fourth-order valence-corrected chi connectivity index (χ4v) is 2.39. The third-order valence-corrected chi connectivity index (χ3v) is 3.70. The standard InChI is InChI=1S/C16H23F2N3O2/c1-16(17,18)13-5-3-12(4-6-13)9-20-15(19)21-7-8-23-14(10-21)11-22-2/h3-6,14H,7-11H2,1-2H3,(H2,19,20). The molecule has 23 heavy (non-hydrogen) atoms. The van der Waals surface area contributed by atoms with Gasteiger partial charge in [0.2, 0.25) is 0 Å². The first kappa shape index (κ1) is 17.6. The van der Waals surface area contributed by atoms with Gasteiger partial charge >= 0.3 is 0 Å². The number of halogens is 2. The lowest BCUT2D eigenvalue weighted by Crippen LogP contribution is -2.49. The topological polar surface area (TPSA) is 60.1 Å². The number of ether oxygens (including phenoxy) is 2. The quantitative estimate of drug-likeness (QED) is 0.663. The van der Waals surface area contributed by atoms with E-state index in [0.717, 1.165) is 12.5 Å². The normalized spacial score (nSPS) is 19.9. The van der Waals surface area contributed by atoms with Crippen molar-refractivity contribution in [2.75, 3.05) is 33.4 Å². The molecule has 0 radical (unpaired) electrons. The summed E-state index contributed by atoms with van der Waals surface area (Å²) in [5.41, 5.74) is 6.84. The molecule has 1 saturated heterocycles. The number of alkyl halides is 2. The van der Waals surface area contributed by atoms with Crippen molar-refractivity contribution in [1.82, 2.24) is 4.90 Å². The molecule has 0 bridgehead atoms. The predicted molar refractivity (Wildman–Crippen MR) is 84.5 cm³/mol. The van der Waals surface area contributed by atoms with Crippen molar-refractivity contribution in [1.29, 1.82) is 0 Å². The number of methoxy groups -OCH3 is 1. The van der Waals surface area contributed by atoms with E-state index in [1.165, 1.54) is 12.1 Å². The fourth-order valence-electron chi connectivity index (χ4n) is 2.39. The van der Waals surface area contributed by atoms with Gasteiger partial charge in [-0.3, -0.25) is 0 Å². The van der Waals surface area contributed by atoms with Crippen LogP contribution < -0.4 is 5.73 Å². The van der Waals surface area contributed by atoms with Gasteiger partial charge in [-0.25, -0.2) is 13.8 Å². The monoisotopic (exact) mass is 327 g/mol. The predicted octanol–water partition coefficient (Wildman–Crippen LogP) is 1.96. The summed E-state index contributed by atoms with van der Waals surface area (Å²) in [6.45, 7) is 3.63. The van der Waals surface area contributed by atoms with Gasteiger partial charge in [-0.1, -0.05) is 24.3 Å². The first-order chi connectivity index (χ1) is 10.9. The molecule has 7 heteroatoms. The SMILES string of the molecule is COCC1CN(C(N)=NCc2ccc(C(C)(F)F)cc2)CCO1. The van der Waals surface area contributed by atoms with E-state index >= 15 is 0 Å². The number of guanidine groups is 1. The van der Waals surface area contributed by atoms with Crippen LogP contribution in [-0.2, 0) is 21.9 Å². The van der Waals surface area contributed by atoms with Gasteiger partial charge in [0.25, 0.3) is 5.92 Å². The van der Waals surface area contributed by atoms with Crippen molar-refractivity contribution in [2.24, 2.45) is 10.7 Å². The second-order valence-corrected chi connectivity index (χ2v) is 5.65. The van der Waals surface area contributed by atoms with Gasteiger partial charge in [0.1, 0.15) is 0 Å². The number of morpholine rings is 1. The highest BCUT2D eigenvalue weighted by molar-refractivity contribution is 5.78. The Hall–Kier alpha value is -1.73. The lowest BCUT2D eigenvalue weighted by atomic mass is 10.1. The van der Waals surface area contributed by atoms with Crippen LogP contribution in [0.4, 0.5) is 8.78 Å². The molecule has 0 aromatic heterocycles. The summed E-state index contributed by atoms with van der Waals surface area (Å²) in [6.07, 6.45) is -0.0198. The van der Waals surface area contributed by atoms with Gasteiger partial charge in [-0.2, -0.15) is 0 Å². The number of nitrogens with zero attached hydrogens (tertiary/aromatic N) is 2. The number of hydrogen-bond donors (Lipinski definition) is 1. The van der Waals surface area contributed by atoms with Crippen LogP contribution in [0, 0.1) is 0 Å². The zero-order valence-corrected chi connectivity index (χ0v) is 13.5. The average molecular weight is 327 g/mol. The third-order valence-electron chi connectivity index (χ3n) is 3.70. The van der Waals surface area contributed by atoms with Crippen LogP contribution in [0.3, 0.4) is 0 Å². The Morgan fingerprint density at radius 1 is 1.43 bits per heavy atom. The summed E-state index contributed by atoms with van der Waals surface area (Å²) >= 11 is 0. The van der Waals surface area contributed by atoms with Crippen molar-refractivity contribution in [3.05, 3.63) is 35.4 Å². The smallest absolute Gasteiger partial charge is 0.270 e. The van der Waals surface area contributed by atoms with Crippen LogP contribution in [0.25, 0.3) is 0 Å². The van der Waals surface area contributed by atoms with E-state index < -0.39 is 5.92 Å². The summed E-state index contributed by atoms with van der Waals surface area (Å²) in [6, 6.07) is 6.14. The van der Waals surface area contributed by atoms with Gasteiger partial charge in [0.15, 0.2) is 5.96 Å². The molecular formula is C16H23F2N3O2. The Morgan fingerprint density at radius 3 is 2.74 bits per heavy atom. The van der Waals surface area contributed by atoms with Crippen LogP contribution >= 0.6 is 0 Å². The molecule has 1 unspecified atom stereocenters. The minimum absolute atomic E-state index is 0.00575. The highest BCUT2D eigenvalue weighted by Crippen LogP contribution is 2.26. The zero-order chi connectivity index (χ0) is 16.9. The van der Waals surface area contributed by atoms with Crippen LogP contribution in [-0.4, -0.2) is 50.4 Å². The van der Waals surface area contributed by atoms with Crippen LogP contribution in [0.5, 0.6) is 0 Å². The molecule has 1 aromatic rings. The Balaban J connectivity index is 1.93. The molecule has 5 nitrogen and oxygen atoms in total. The molecule has 128 valence electrons. The van der Waals surface area contributed by atoms with Crippen molar-refractivity contribution < 1.29 is 18.3 Å². The Bertz CT molecular complexity index is 527. The minimum atomic E-state index is -2.83. The second-order valence-electron chi connectivity index (χ2n) is 5.65. The first-order valence-electron chi connectivity index (χ1n) is 7.53. The van der Waals surface area contributed by atoms with Crippen molar-refractivity contribution in [3.63, 3.8) is 0 Å². The summed E-state index contributed by atoms with van der Waals surface area (Å²) in [5.74, 6) is -2.40.